The molecule has 2 aromatic rings. The molecule has 0 fully saturated rings. The molecule has 0 N–H and O–H groups in total. The summed E-state index contributed by atoms with van der Waals surface area (Å²) in [5, 5.41) is 0. The molecule has 19 heavy (non-hydrogen) atoms. The topological polar surface area (TPSA) is 18.5 Å². The second kappa shape index (κ2) is 6.10. The van der Waals surface area contributed by atoms with Gasteiger partial charge in [-0.25, -0.2) is 0 Å². The van der Waals surface area contributed by atoms with E-state index in [4.69, 9.17) is 9.47 Å². The van der Waals surface area contributed by atoms with Crippen molar-refractivity contribution < 1.29 is 9.47 Å². The minimum Gasteiger partial charge on any atom is -0.496 e. The zero-order valence-electron chi connectivity index (χ0n) is 11.3. The van der Waals surface area contributed by atoms with Gasteiger partial charge in [-0.1, -0.05) is 49.0 Å². The van der Waals surface area contributed by atoms with Crippen molar-refractivity contribution in [3.8, 4) is 5.75 Å². The quantitative estimate of drug-likeness (QED) is 0.742. The lowest BCUT2D eigenvalue weighted by Gasteiger charge is -2.20. The van der Waals surface area contributed by atoms with Crippen LogP contribution in [-0.2, 0) is 4.74 Å². The maximum atomic E-state index is 5.68. The average molecular weight is 254 g/mol. The van der Waals surface area contributed by atoms with E-state index in [1.807, 2.05) is 49.4 Å². The molecule has 2 aromatic carbocycles. The highest BCUT2D eigenvalue weighted by molar-refractivity contribution is 5.43. The van der Waals surface area contributed by atoms with Crippen LogP contribution in [0.15, 0.2) is 61.4 Å². The molecular weight excluding hydrogens is 236 g/mol. The van der Waals surface area contributed by atoms with Gasteiger partial charge in [-0.3, -0.25) is 0 Å². The first-order chi connectivity index (χ1) is 9.26. The molecular formula is C17H18O2. The van der Waals surface area contributed by atoms with E-state index in [0.29, 0.717) is 0 Å². The van der Waals surface area contributed by atoms with Crippen LogP contribution in [0.1, 0.15) is 22.8 Å². The van der Waals surface area contributed by atoms with Crippen molar-refractivity contribution in [1.29, 1.82) is 0 Å². The van der Waals surface area contributed by atoms with Crippen molar-refractivity contribution in [2.45, 2.75) is 13.0 Å². The number of hydrogen-bond donors (Lipinski definition) is 0. The highest BCUT2D eigenvalue weighted by atomic mass is 16.5. The molecule has 0 aliphatic carbocycles. The maximum absolute atomic E-state index is 5.68. The van der Waals surface area contributed by atoms with Crippen molar-refractivity contribution in [3.05, 3.63) is 78.1 Å². The van der Waals surface area contributed by atoms with E-state index in [-0.39, 0.29) is 6.10 Å². The Hall–Kier alpha value is -2.22. The lowest BCUT2D eigenvalue weighted by atomic mass is 9.99. The third-order valence-electron chi connectivity index (χ3n) is 3.01. The molecule has 0 unspecified atom stereocenters. The lowest BCUT2D eigenvalue weighted by Crippen LogP contribution is -2.05. The van der Waals surface area contributed by atoms with E-state index in [0.717, 1.165) is 22.4 Å². The smallest absolute Gasteiger partial charge is 0.151 e. The van der Waals surface area contributed by atoms with E-state index >= 15 is 0 Å². The van der Waals surface area contributed by atoms with Crippen molar-refractivity contribution in [3.63, 3.8) is 0 Å². The summed E-state index contributed by atoms with van der Waals surface area (Å²) in [6.07, 6.45) is 1.27. The van der Waals surface area contributed by atoms with E-state index in [1.54, 1.807) is 7.11 Å². The Morgan fingerprint density at radius 1 is 1.11 bits per heavy atom. The van der Waals surface area contributed by atoms with Crippen LogP contribution in [0, 0.1) is 6.92 Å². The predicted molar refractivity (Wildman–Crippen MR) is 77.3 cm³/mol. The van der Waals surface area contributed by atoms with Crippen LogP contribution in [0.4, 0.5) is 0 Å². The van der Waals surface area contributed by atoms with Gasteiger partial charge in [0.05, 0.1) is 13.4 Å². The molecule has 0 radical (unpaired) electrons. The highest BCUT2D eigenvalue weighted by Gasteiger charge is 2.18. The van der Waals surface area contributed by atoms with Crippen LogP contribution in [0.5, 0.6) is 5.75 Å². The Balaban J connectivity index is 2.47. The van der Waals surface area contributed by atoms with Crippen LogP contribution < -0.4 is 4.74 Å². The van der Waals surface area contributed by atoms with Crippen LogP contribution in [0.3, 0.4) is 0 Å². The predicted octanol–water partition coefficient (Wildman–Crippen LogP) is 4.25. The van der Waals surface area contributed by atoms with Crippen molar-refractivity contribution >= 4 is 0 Å². The van der Waals surface area contributed by atoms with Gasteiger partial charge in [-0.05, 0) is 24.1 Å². The van der Waals surface area contributed by atoms with Gasteiger partial charge in [0.25, 0.3) is 0 Å². The minimum absolute atomic E-state index is 0.200. The Kier molecular flexibility index (Phi) is 4.24. The van der Waals surface area contributed by atoms with E-state index in [2.05, 4.69) is 12.6 Å². The van der Waals surface area contributed by atoms with E-state index < -0.39 is 0 Å². The van der Waals surface area contributed by atoms with Crippen molar-refractivity contribution in [2.24, 2.45) is 0 Å². The molecule has 0 spiro atoms. The molecule has 1 atom stereocenters. The molecule has 0 heterocycles. The Labute approximate surface area is 114 Å². The first kappa shape index (κ1) is 13.2. The zero-order valence-corrected chi connectivity index (χ0v) is 11.3. The fourth-order valence-electron chi connectivity index (χ4n) is 2.09. The third kappa shape index (κ3) is 2.97. The van der Waals surface area contributed by atoms with Gasteiger partial charge in [-0.2, -0.15) is 0 Å². The summed E-state index contributed by atoms with van der Waals surface area (Å²) in [4.78, 5) is 0. The third-order valence-corrected chi connectivity index (χ3v) is 3.01. The number of rotatable bonds is 5. The summed E-state index contributed by atoms with van der Waals surface area (Å²) in [7, 11) is 1.67. The first-order valence-corrected chi connectivity index (χ1v) is 6.22. The average Bonchev–Trinajstić information content (AvgIpc) is 2.46. The molecule has 0 saturated carbocycles. The fourth-order valence-corrected chi connectivity index (χ4v) is 2.09. The molecule has 0 aliphatic rings. The number of ether oxygens (including phenoxy) is 2. The number of hydrogen-bond acceptors (Lipinski definition) is 2. The summed E-state index contributed by atoms with van der Waals surface area (Å²) in [6, 6.07) is 16.2. The van der Waals surface area contributed by atoms with Crippen LogP contribution in [-0.4, -0.2) is 7.11 Å². The van der Waals surface area contributed by atoms with Crippen molar-refractivity contribution in [2.75, 3.05) is 7.11 Å². The van der Waals surface area contributed by atoms with Gasteiger partial charge in [0, 0.05) is 5.56 Å². The first-order valence-electron chi connectivity index (χ1n) is 6.22. The second-order valence-corrected chi connectivity index (χ2v) is 4.34. The molecule has 0 aliphatic heterocycles. The zero-order chi connectivity index (χ0) is 13.7. The van der Waals surface area contributed by atoms with Crippen LogP contribution in [0.2, 0.25) is 0 Å². The van der Waals surface area contributed by atoms with Crippen molar-refractivity contribution in [1.82, 2.24) is 0 Å². The molecule has 0 aromatic heterocycles. The Morgan fingerprint density at radius 3 is 2.47 bits per heavy atom. The normalized spacial score (nSPS) is 11.7. The van der Waals surface area contributed by atoms with E-state index in [9.17, 15) is 0 Å². The standard InChI is InChI=1S/C17H18O2/c1-4-19-17(14-8-6-5-7-9-14)15-11-10-13(2)12-16(15)18-3/h4-12,17H,1H2,2-3H3/t17-/m1/s1. The maximum Gasteiger partial charge on any atom is 0.151 e. The van der Waals surface area contributed by atoms with Gasteiger partial charge in [0.1, 0.15) is 5.75 Å². The molecule has 0 bridgehead atoms. The number of benzene rings is 2. The van der Waals surface area contributed by atoms with Crippen LogP contribution in [0.25, 0.3) is 0 Å². The SMILES string of the molecule is C=CO[C@H](c1ccccc1)c1ccc(C)cc1OC. The van der Waals surface area contributed by atoms with Gasteiger partial charge in [0.15, 0.2) is 6.10 Å². The highest BCUT2D eigenvalue weighted by Crippen LogP contribution is 2.33. The number of methoxy groups -OCH3 is 1. The summed E-state index contributed by atoms with van der Waals surface area (Å²) >= 11 is 0. The molecule has 0 amide bonds. The van der Waals surface area contributed by atoms with Gasteiger partial charge >= 0.3 is 0 Å². The van der Waals surface area contributed by atoms with Gasteiger partial charge in [-0.15, -0.1) is 0 Å². The minimum atomic E-state index is -0.200. The summed E-state index contributed by atoms with van der Waals surface area (Å²) in [6.45, 7) is 5.70. The summed E-state index contributed by atoms with van der Waals surface area (Å²) in [5.41, 5.74) is 3.23. The van der Waals surface area contributed by atoms with Crippen LogP contribution >= 0.6 is 0 Å². The van der Waals surface area contributed by atoms with E-state index in [1.165, 1.54) is 6.26 Å². The summed E-state index contributed by atoms with van der Waals surface area (Å²) in [5.74, 6) is 0.829. The molecule has 98 valence electrons. The van der Waals surface area contributed by atoms with Gasteiger partial charge < -0.3 is 9.47 Å². The Morgan fingerprint density at radius 2 is 1.84 bits per heavy atom. The largest absolute Gasteiger partial charge is 0.496 e. The molecule has 2 nitrogen and oxygen atoms in total. The monoisotopic (exact) mass is 254 g/mol. The lowest BCUT2D eigenvalue weighted by molar-refractivity contribution is 0.180. The number of aryl methyl sites for hydroxylation is 1. The fraction of sp³-hybridized carbons (Fsp3) is 0.176. The summed E-state index contributed by atoms with van der Waals surface area (Å²) < 4.78 is 11.1. The van der Waals surface area contributed by atoms with Gasteiger partial charge in [0.2, 0.25) is 0 Å². The Bertz CT molecular complexity index is 546. The molecule has 0 saturated heterocycles. The molecule has 2 rings (SSSR count). The second-order valence-electron chi connectivity index (χ2n) is 4.34. The molecule has 2 heteroatoms.